The van der Waals surface area contributed by atoms with E-state index in [4.69, 9.17) is 2.74 Å². The maximum Gasteiger partial charge on any atom is 0.159 e. The van der Waals surface area contributed by atoms with Gasteiger partial charge in [-0.15, -0.1) is 23.8 Å². The third-order valence-corrected chi connectivity index (χ3v) is 16.4. The van der Waals surface area contributed by atoms with E-state index in [1.807, 2.05) is 24.3 Å². The van der Waals surface area contributed by atoms with Crippen molar-refractivity contribution in [2.45, 2.75) is 50.2 Å². The normalized spacial score (nSPS) is 12.5. The zero-order chi connectivity index (χ0) is 36.7. The molecule has 8 heteroatoms. The van der Waals surface area contributed by atoms with E-state index in [-0.39, 0.29) is 25.7 Å². The Bertz CT molecular complexity index is 2370. The molecule has 0 saturated carbocycles. The van der Waals surface area contributed by atoms with E-state index in [1.165, 1.54) is 31.3 Å². The molecule has 0 aliphatic rings. The third kappa shape index (κ3) is 8.41. The summed E-state index contributed by atoms with van der Waals surface area (Å²) in [6, 6.07) is 33.5. The first-order valence-electron chi connectivity index (χ1n) is 17.3. The second kappa shape index (κ2) is 15.5. The summed E-state index contributed by atoms with van der Waals surface area (Å²) in [6.07, 6.45) is 1.60. The van der Waals surface area contributed by atoms with Crippen LogP contribution in [0, 0.1) is 30.7 Å². The molecule has 0 amide bonds. The van der Waals surface area contributed by atoms with Gasteiger partial charge in [0, 0.05) is 33.7 Å². The quantitative estimate of drug-likeness (QED) is 0.123. The Kier molecular flexibility index (Phi) is 10.9. The van der Waals surface area contributed by atoms with Gasteiger partial charge in [0.25, 0.3) is 0 Å². The molecule has 0 bridgehead atoms. The molecule has 7 rings (SSSR count). The fourth-order valence-electron chi connectivity index (χ4n) is 5.97. The molecular weight excluding hydrogens is 895 g/mol. The summed E-state index contributed by atoms with van der Waals surface area (Å²) in [5, 5.41) is 3.75. The van der Waals surface area contributed by atoms with E-state index in [9.17, 15) is 8.78 Å². The summed E-state index contributed by atoms with van der Waals surface area (Å²) in [5.41, 5.74) is 5.24. The van der Waals surface area contributed by atoms with Crippen LogP contribution in [0.3, 0.4) is 0 Å². The number of aromatic nitrogens is 2. The van der Waals surface area contributed by atoms with Gasteiger partial charge >= 0.3 is 106 Å². The van der Waals surface area contributed by atoms with E-state index in [0.29, 0.717) is 11.3 Å². The third-order valence-electron chi connectivity index (χ3n) is 8.39. The Labute approximate surface area is 318 Å². The Hall–Kier alpha value is -3.33. The number of fused-ring (bicyclic) bond motifs is 3. The van der Waals surface area contributed by atoms with Crippen LogP contribution >= 0.6 is 11.3 Å². The second-order valence-corrected chi connectivity index (χ2v) is 30.9. The molecule has 0 atom stereocenters. The van der Waals surface area contributed by atoms with Crippen molar-refractivity contribution in [3.63, 3.8) is 0 Å². The van der Waals surface area contributed by atoms with E-state index < -0.39 is 39.3 Å². The summed E-state index contributed by atoms with van der Waals surface area (Å²) in [7, 11) is -1.56. The van der Waals surface area contributed by atoms with Crippen LogP contribution < -0.4 is 9.58 Å². The largest absolute Gasteiger partial charge is 0.305 e. The smallest absolute Gasteiger partial charge is 0.159 e. The van der Waals surface area contributed by atoms with Gasteiger partial charge in [-0.2, -0.15) is 11.3 Å². The minimum absolute atomic E-state index is 0. The number of rotatable bonds is 6. The van der Waals surface area contributed by atoms with Crippen molar-refractivity contribution in [2.75, 3.05) is 0 Å². The van der Waals surface area contributed by atoms with Crippen LogP contribution in [0.4, 0.5) is 8.78 Å². The molecule has 0 spiro atoms. The van der Waals surface area contributed by atoms with E-state index in [0.717, 1.165) is 39.0 Å². The molecular formula is C42H40F2GeIrN2SSi-2. The first-order chi connectivity index (χ1) is 24.1. The predicted octanol–water partition coefficient (Wildman–Crippen LogP) is 10.7. The van der Waals surface area contributed by atoms with Crippen molar-refractivity contribution in [1.29, 1.82) is 0 Å². The van der Waals surface area contributed by atoms with Gasteiger partial charge in [0.1, 0.15) is 0 Å². The molecule has 1 radical (unpaired) electrons. The maximum absolute atomic E-state index is 13.8. The van der Waals surface area contributed by atoms with Crippen molar-refractivity contribution in [3.8, 4) is 22.5 Å². The van der Waals surface area contributed by atoms with Crippen LogP contribution in [0.2, 0.25) is 36.9 Å². The molecule has 3 heterocycles. The number of benzene rings is 4. The minimum atomic E-state index is -2.02. The SMILES string of the molecule is Cc1cc(-c2[c-]cccc2)nc[c]1[Ge]([CH3])([CH3])[CH3].[2H]C([2H])(c1ccnc(-c2[c-]ccc3c2sc2c([Si](C)(C)C)cccc23)c1)c1ccc(F)c(F)c1.[Ir]. The standard InChI is InChI=1S/C27H22F2NSSi.C15H18GeN.Ir/c1-32(2,3)25-9-5-7-20-19-6-4-8-21(26(19)31-27(20)25)24-16-18(12-13-30-24)14-17-10-11-22(28)23(29)15-17;1-12-10-15(13-8-6-5-7-9-13)17-11-14(12)16(2,3)4;/h4-7,9-13,15-16H,14H2,1-3H3;5-8,10-11H,1-4H3;/q2*-1;/i14D2;;. The average Bonchev–Trinajstić information content (AvgIpc) is 3.48. The topological polar surface area (TPSA) is 25.8 Å². The number of nitrogens with zero attached hydrogens (tertiary/aromatic N) is 2. The van der Waals surface area contributed by atoms with Crippen molar-refractivity contribution >= 4 is 62.4 Å². The predicted molar refractivity (Wildman–Crippen MR) is 210 cm³/mol. The first-order valence-corrected chi connectivity index (χ1v) is 27.9. The molecule has 7 aromatic rings. The number of hydrogen-bond donors (Lipinski definition) is 0. The number of hydrogen-bond acceptors (Lipinski definition) is 3. The fourth-order valence-corrected chi connectivity index (χ4v) is 13.3. The second-order valence-electron chi connectivity index (χ2n) is 14.2. The van der Waals surface area contributed by atoms with Crippen molar-refractivity contribution < 1.29 is 31.6 Å². The number of pyridine rings is 2. The molecule has 0 fully saturated rings. The Morgan fingerprint density at radius 2 is 1.54 bits per heavy atom. The van der Waals surface area contributed by atoms with Gasteiger partial charge in [-0.3, -0.25) is 0 Å². The summed E-state index contributed by atoms with van der Waals surface area (Å²) in [5.74, 6) is 5.13. The zero-order valence-corrected chi connectivity index (χ0v) is 35.5. The van der Waals surface area contributed by atoms with Gasteiger partial charge in [-0.25, -0.2) is 8.78 Å². The van der Waals surface area contributed by atoms with E-state index >= 15 is 0 Å². The molecule has 0 saturated heterocycles. The summed E-state index contributed by atoms with van der Waals surface area (Å²) < 4.78 is 48.3. The van der Waals surface area contributed by atoms with Crippen LogP contribution in [-0.4, -0.2) is 31.3 Å². The van der Waals surface area contributed by atoms with Crippen LogP contribution in [-0.2, 0) is 26.5 Å². The van der Waals surface area contributed by atoms with Crippen LogP contribution in [0.1, 0.15) is 19.4 Å². The molecule has 0 unspecified atom stereocenters. The van der Waals surface area contributed by atoms with Gasteiger partial charge in [0.15, 0.2) is 11.6 Å². The molecule has 2 nitrogen and oxygen atoms in total. The van der Waals surface area contributed by atoms with E-state index in [1.54, 1.807) is 29.7 Å². The Morgan fingerprint density at radius 1 is 0.780 bits per heavy atom. The molecule has 0 aliphatic carbocycles. The molecule has 0 N–H and O–H groups in total. The fraction of sp³-hybridized carbons (Fsp3) is 0.190. The summed E-state index contributed by atoms with van der Waals surface area (Å²) in [4.78, 5) is 9.12. The molecule has 3 aromatic heterocycles. The van der Waals surface area contributed by atoms with Crippen molar-refractivity contribution in [1.82, 2.24) is 9.97 Å². The Morgan fingerprint density at radius 3 is 2.22 bits per heavy atom. The van der Waals surface area contributed by atoms with Gasteiger partial charge in [0.05, 0.1) is 8.07 Å². The molecule has 0 aliphatic heterocycles. The summed E-state index contributed by atoms with van der Waals surface area (Å²) in [6.45, 7) is 9.21. The monoisotopic (exact) mass is 939 g/mol. The number of halogens is 2. The minimum Gasteiger partial charge on any atom is -0.305 e. The van der Waals surface area contributed by atoms with Gasteiger partial charge < -0.3 is 4.98 Å². The van der Waals surface area contributed by atoms with Crippen LogP contribution in [0.15, 0.2) is 103 Å². The number of thiophene rings is 1. The average molecular weight is 938 g/mol. The zero-order valence-electron chi connectivity index (χ0n) is 31.2. The Balaban J connectivity index is 0.000000245. The van der Waals surface area contributed by atoms with Crippen LogP contribution in [0.5, 0.6) is 0 Å². The van der Waals surface area contributed by atoms with Gasteiger partial charge in [0.2, 0.25) is 0 Å². The molecule has 50 heavy (non-hydrogen) atoms. The van der Waals surface area contributed by atoms with Gasteiger partial charge in [-0.1, -0.05) is 55.4 Å². The van der Waals surface area contributed by atoms with E-state index in [2.05, 4.69) is 109 Å². The van der Waals surface area contributed by atoms with Crippen molar-refractivity contribution in [3.05, 3.63) is 144 Å². The van der Waals surface area contributed by atoms with Gasteiger partial charge in [-0.05, 0) is 56.7 Å². The first kappa shape index (κ1) is 35.1. The molecule has 4 aromatic carbocycles. The molecule has 257 valence electrons. The van der Waals surface area contributed by atoms with Crippen molar-refractivity contribution in [2.24, 2.45) is 0 Å². The van der Waals surface area contributed by atoms with Crippen LogP contribution in [0.25, 0.3) is 42.7 Å². The summed E-state index contributed by atoms with van der Waals surface area (Å²) >= 11 is -0.0442. The maximum atomic E-state index is 13.8. The number of aryl methyl sites for hydroxylation is 1.